The molecule has 0 aromatic heterocycles. The molecule has 0 saturated heterocycles. The third kappa shape index (κ3) is 6.00. The molecule has 0 bridgehead atoms. The van der Waals surface area contributed by atoms with Gasteiger partial charge in [0.25, 0.3) is 5.91 Å². The highest BCUT2D eigenvalue weighted by molar-refractivity contribution is 6.30. The quantitative estimate of drug-likeness (QED) is 0.735. The first-order chi connectivity index (χ1) is 12.3. The fraction of sp³-hybridized carbons (Fsp3) is 0.222. The van der Waals surface area contributed by atoms with Crippen molar-refractivity contribution in [2.45, 2.75) is 19.6 Å². The second-order valence-corrected chi connectivity index (χ2v) is 5.76. The smallest absolute Gasteiger partial charge is 0.387 e. The molecule has 1 atom stereocenters. The minimum atomic E-state index is -2.95. The second-order valence-electron chi connectivity index (χ2n) is 5.32. The van der Waals surface area contributed by atoms with Crippen molar-refractivity contribution in [3.8, 4) is 5.75 Å². The van der Waals surface area contributed by atoms with Gasteiger partial charge < -0.3 is 14.8 Å². The summed E-state index contributed by atoms with van der Waals surface area (Å²) in [6.07, 6.45) is 0. The van der Waals surface area contributed by atoms with Crippen LogP contribution in [0.25, 0.3) is 0 Å². The Morgan fingerprint density at radius 1 is 1.08 bits per heavy atom. The zero-order chi connectivity index (χ0) is 19.1. The molecule has 8 heteroatoms. The molecule has 0 saturated carbocycles. The van der Waals surface area contributed by atoms with Gasteiger partial charge in [-0.1, -0.05) is 23.7 Å². The standard InChI is InChI=1S/C18H16ClF2NO4/c1-11(12-2-6-14(19)7-3-12)22-16(23)10-25-17(24)13-4-8-15(9-5-13)26-18(20)21/h2-9,11,18H,10H2,1H3,(H,22,23)/t11-/m0/s1. The summed E-state index contributed by atoms with van der Waals surface area (Å²) in [5, 5.41) is 3.28. The maximum absolute atomic E-state index is 12.1. The first kappa shape index (κ1) is 19.7. The van der Waals surface area contributed by atoms with Gasteiger partial charge in [-0.15, -0.1) is 0 Å². The third-order valence-corrected chi connectivity index (χ3v) is 3.65. The van der Waals surface area contributed by atoms with Crippen molar-refractivity contribution in [2.75, 3.05) is 6.61 Å². The number of amides is 1. The summed E-state index contributed by atoms with van der Waals surface area (Å²) in [6, 6.07) is 11.7. The van der Waals surface area contributed by atoms with Crippen molar-refractivity contribution < 1.29 is 27.8 Å². The highest BCUT2D eigenvalue weighted by atomic mass is 35.5. The Kier molecular flexibility index (Phi) is 6.91. The molecule has 138 valence electrons. The minimum absolute atomic E-state index is 0.0777. The maximum Gasteiger partial charge on any atom is 0.387 e. The lowest BCUT2D eigenvalue weighted by atomic mass is 10.1. The van der Waals surface area contributed by atoms with Crippen molar-refractivity contribution in [2.24, 2.45) is 0 Å². The van der Waals surface area contributed by atoms with Gasteiger partial charge in [0.1, 0.15) is 5.75 Å². The number of hydrogen-bond acceptors (Lipinski definition) is 4. The molecule has 0 aliphatic heterocycles. The molecular weight excluding hydrogens is 368 g/mol. The average molecular weight is 384 g/mol. The van der Waals surface area contributed by atoms with Crippen LogP contribution in [0.3, 0.4) is 0 Å². The second kappa shape index (κ2) is 9.15. The topological polar surface area (TPSA) is 64.6 Å². The van der Waals surface area contributed by atoms with Gasteiger partial charge in [0.2, 0.25) is 0 Å². The molecule has 0 aliphatic rings. The molecule has 2 aromatic rings. The van der Waals surface area contributed by atoms with E-state index >= 15 is 0 Å². The van der Waals surface area contributed by atoms with Gasteiger partial charge in [0.05, 0.1) is 11.6 Å². The lowest BCUT2D eigenvalue weighted by molar-refractivity contribution is -0.124. The number of hydrogen-bond donors (Lipinski definition) is 1. The van der Waals surface area contributed by atoms with Crippen LogP contribution < -0.4 is 10.1 Å². The number of rotatable bonds is 7. The van der Waals surface area contributed by atoms with E-state index in [1.54, 1.807) is 31.2 Å². The monoisotopic (exact) mass is 383 g/mol. The predicted molar refractivity (Wildman–Crippen MR) is 91.4 cm³/mol. The molecule has 0 aliphatic carbocycles. The van der Waals surface area contributed by atoms with Crippen LogP contribution in [0, 0.1) is 0 Å². The predicted octanol–water partition coefficient (Wildman–Crippen LogP) is 3.98. The molecule has 1 amide bonds. The lowest BCUT2D eigenvalue weighted by Crippen LogP contribution is -2.31. The first-order valence-electron chi connectivity index (χ1n) is 7.62. The Balaban J connectivity index is 1.82. The zero-order valence-corrected chi connectivity index (χ0v) is 14.5. The van der Waals surface area contributed by atoms with Crippen molar-refractivity contribution in [3.05, 3.63) is 64.7 Å². The molecule has 0 radical (unpaired) electrons. The first-order valence-corrected chi connectivity index (χ1v) is 8.00. The zero-order valence-electron chi connectivity index (χ0n) is 13.7. The van der Waals surface area contributed by atoms with E-state index in [1.165, 1.54) is 24.3 Å². The molecule has 0 fully saturated rings. The Morgan fingerprint density at radius 2 is 1.69 bits per heavy atom. The number of benzene rings is 2. The summed E-state index contributed by atoms with van der Waals surface area (Å²) in [4.78, 5) is 23.8. The van der Waals surface area contributed by atoms with Crippen LogP contribution in [0.2, 0.25) is 5.02 Å². The van der Waals surface area contributed by atoms with E-state index in [-0.39, 0.29) is 17.4 Å². The molecule has 5 nitrogen and oxygen atoms in total. The number of ether oxygens (including phenoxy) is 2. The molecule has 0 spiro atoms. The molecule has 26 heavy (non-hydrogen) atoms. The van der Waals surface area contributed by atoms with Crippen LogP contribution in [0.5, 0.6) is 5.75 Å². The lowest BCUT2D eigenvalue weighted by Gasteiger charge is -2.14. The van der Waals surface area contributed by atoms with Crippen molar-refractivity contribution in [1.82, 2.24) is 5.32 Å². The number of alkyl halides is 2. The van der Waals surface area contributed by atoms with E-state index in [2.05, 4.69) is 10.1 Å². The summed E-state index contributed by atoms with van der Waals surface area (Å²) < 4.78 is 33.2. The number of nitrogens with one attached hydrogen (secondary N) is 1. The minimum Gasteiger partial charge on any atom is -0.452 e. The number of esters is 1. The molecule has 2 aromatic carbocycles. The van der Waals surface area contributed by atoms with Crippen LogP contribution in [-0.4, -0.2) is 25.1 Å². The van der Waals surface area contributed by atoms with Crippen LogP contribution in [0.4, 0.5) is 8.78 Å². The van der Waals surface area contributed by atoms with E-state index in [1.807, 2.05) is 0 Å². The Bertz CT molecular complexity index is 751. The van der Waals surface area contributed by atoms with Gasteiger partial charge in [-0.2, -0.15) is 8.78 Å². The summed E-state index contributed by atoms with van der Waals surface area (Å²) in [7, 11) is 0. The highest BCUT2D eigenvalue weighted by Crippen LogP contribution is 2.17. The van der Waals surface area contributed by atoms with Crippen molar-refractivity contribution in [3.63, 3.8) is 0 Å². The summed E-state index contributed by atoms with van der Waals surface area (Å²) in [5.74, 6) is -1.30. The summed E-state index contributed by atoms with van der Waals surface area (Å²) in [6.45, 7) is -1.63. The normalized spacial score (nSPS) is 11.7. The highest BCUT2D eigenvalue weighted by Gasteiger charge is 2.14. The van der Waals surface area contributed by atoms with Crippen LogP contribution in [0.15, 0.2) is 48.5 Å². The van der Waals surface area contributed by atoms with E-state index in [4.69, 9.17) is 16.3 Å². The Hall–Kier alpha value is -2.67. The van der Waals surface area contributed by atoms with Gasteiger partial charge in [-0.05, 0) is 48.9 Å². The van der Waals surface area contributed by atoms with E-state index in [0.717, 1.165) is 5.56 Å². The van der Waals surface area contributed by atoms with E-state index in [0.29, 0.717) is 5.02 Å². The van der Waals surface area contributed by atoms with Gasteiger partial charge >= 0.3 is 12.6 Å². The number of carbonyl (C=O) groups excluding carboxylic acids is 2. The Labute approximate surface area is 153 Å². The van der Waals surface area contributed by atoms with Crippen LogP contribution in [0.1, 0.15) is 28.9 Å². The number of carbonyl (C=O) groups is 2. The molecule has 0 heterocycles. The fourth-order valence-electron chi connectivity index (χ4n) is 2.10. The molecule has 0 unspecified atom stereocenters. The molecule has 1 N–H and O–H groups in total. The van der Waals surface area contributed by atoms with Crippen molar-refractivity contribution >= 4 is 23.5 Å². The van der Waals surface area contributed by atoms with E-state index < -0.39 is 25.1 Å². The van der Waals surface area contributed by atoms with Gasteiger partial charge in [-0.25, -0.2) is 4.79 Å². The van der Waals surface area contributed by atoms with Crippen molar-refractivity contribution in [1.29, 1.82) is 0 Å². The van der Waals surface area contributed by atoms with Gasteiger partial charge in [0.15, 0.2) is 6.61 Å². The van der Waals surface area contributed by atoms with E-state index in [9.17, 15) is 18.4 Å². The van der Waals surface area contributed by atoms with Crippen LogP contribution in [-0.2, 0) is 9.53 Å². The molecule has 2 rings (SSSR count). The van der Waals surface area contributed by atoms with Crippen LogP contribution >= 0.6 is 11.6 Å². The molecular formula is C18H16ClF2NO4. The fourth-order valence-corrected chi connectivity index (χ4v) is 2.23. The third-order valence-electron chi connectivity index (χ3n) is 3.40. The Morgan fingerprint density at radius 3 is 2.27 bits per heavy atom. The summed E-state index contributed by atoms with van der Waals surface area (Å²) >= 11 is 5.81. The average Bonchev–Trinajstić information content (AvgIpc) is 2.60. The SMILES string of the molecule is C[C@H](NC(=O)COC(=O)c1ccc(OC(F)F)cc1)c1ccc(Cl)cc1. The summed E-state index contributed by atoms with van der Waals surface area (Å²) in [5.41, 5.74) is 0.967. The maximum atomic E-state index is 12.1. The van der Waals surface area contributed by atoms with Gasteiger partial charge in [-0.3, -0.25) is 4.79 Å². The largest absolute Gasteiger partial charge is 0.452 e. The van der Waals surface area contributed by atoms with Gasteiger partial charge in [0, 0.05) is 5.02 Å². The number of halogens is 3.